The molecule has 3 aromatic carbocycles. The second kappa shape index (κ2) is 10.9. The smallest absolute Gasteiger partial charge is 0.271 e. The monoisotopic (exact) mass is 498 g/mol. The third kappa shape index (κ3) is 5.32. The van der Waals surface area contributed by atoms with Crippen LogP contribution in [0.25, 0.3) is 6.08 Å². The predicted octanol–water partition coefficient (Wildman–Crippen LogP) is 5.72. The Balaban J connectivity index is 1.63. The fourth-order valence-corrected chi connectivity index (χ4v) is 3.97. The maximum atomic E-state index is 13.3. The van der Waals surface area contributed by atoms with Crippen molar-refractivity contribution in [3.05, 3.63) is 111 Å². The van der Waals surface area contributed by atoms with Crippen LogP contribution in [0, 0.1) is 11.3 Å². The lowest BCUT2D eigenvalue weighted by atomic mass is 9.93. The highest BCUT2D eigenvalue weighted by atomic mass is 35.5. The maximum absolute atomic E-state index is 13.3. The average molecular weight is 499 g/mol. The molecule has 0 spiro atoms. The molecule has 0 unspecified atom stereocenters. The van der Waals surface area contributed by atoms with Gasteiger partial charge in [-0.05, 0) is 59.5 Å². The first kappa shape index (κ1) is 24.8. The zero-order valence-corrected chi connectivity index (χ0v) is 20.6. The summed E-state index contributed by atoms with van der Waals surface area (Å²) in [6.45, 7) is 2.02. The summed E-state index contributed by atoms with van der Waals surface area (Å²) in [5.74, 6) is -0.0247. The van der Waals surface area contributed by atoms with E-state index in [2.05, 4.69) is 0 Å². The largest absolute Gasteiger partial charge is 0.493 e. The summed E-state index contributed by atoms with van der Waals surface area (Å²) < 4.78 is 11.4. The van der Waals surface area contributed by atoms with Gasteiger partial charge in [-0.25, -0.2) is 0 Å². The lowest BCUT2D eigenvalue weighted by molar-refractivity contribution is -0.141. The minimum Gasteiger partial charge on any atom is -0.493 e. The molecule has 0 radical (unpaired) electrons. The van der Waals surface area contributed by atoms with E-state index < -0.39 is 11.8 Å². The minimum absolute atomic E-state index is 0.0494. The second-order valence-electron chi connectivity index (χ2n) is 8.18. The van der Waals surface area contributed by atoms with Crippen LogP contribution in [0.4, 0.5) is 0 Å². The molecule has 1 aliphatic rings. The summed E-state index contributed by atoms with van der Waals surface area (Å²) >= 11 is 5.94. The van der Waals surface area contributed by atoms with Gasteiger partial charge in [0.1, 0.15) is 18.2 Å². The van der Waals surface area contributed by atoms with Crippen molar-refractivity contribution in [3.63, 3.8) is 0 Å². The van der Waals surface area contributed by atoms with Crippen molar-refractivity contribution in [1.82, 2.24) is 4.90 Å². The minimum atomic E-state index is -0.593. The standard InChI is InChI=1S/C29H23ClN2O4/c1-19-24(28(33)32(29(34)25(19)16-31)17-20-6-4-3-5-7-20)14-22-10-13-26(27(15-22)35-2)36-18-21-8-11-23(30)12-9-21/h3-15H,17-18H2,1-2H3/b24-14+. The Morgan fingerprint density at radius 2 is 1.67 bits per heavy atom. The van der Waals surface area contributed by atoms with Crippen LogP contribution in [-0.4, -0.2) is 23.8 Å². The fraction of sp³-hybridized carbons (Fsp3) is 0.138. The van der Waals surface area contributed by atoms with Crippen molar-refractivity contribution in [1.29, 1.82) is 5.26 Å². The van der Waals surface area contributed by atoms with E-state index in [4.69, 9.17) is 21.1 Å². The third-order valence-electron chi connectivity index (χ3n) is 5.82. The lowest BCUT2D eigenvalue weighted by Crippen LogP contribution is -2.42. The number of benzene rings is 3. The number of hydrogen-bond acceptors (Lipinski definition) is 5. The van der Waals surface area contributed by atoms with Crippen molar-refractivity contribution in [3.8, 4) is 17.6 Å². The van der Waals surface area contributed by atoms with Crippen LogP contribution in [0.3, 0.4) is 0 Å². The molecular formula is C29H23ClN2O4. The van der Waals surface area contributed by atoms with Crippen molar-refractivity contribution in [2.24, 2.45) is 0 Å². The van der Waals surface area contributed by atoms with Gasteiger partial charge < -0.3 is 9.47 Å². The van der Waals surface area contributed by atoms with E-state index in [0.29, 0.717) is 34.3 Å². The van der Waals surface area contributed by atoms with E-state index in [1.807, 2.05) is 48.5 Å². The number of rotatable bonds is 7. The zero-order chi connectivity index (χ0) is 25.7. The molecule has 0 N–H and O–H groups in total. The Labute approximate surface area is 214 Å². The SMILES string of the molecule is COc1cc(/C=C2/C(=O)N(Cc3ccccc3)C(=O)C(C#N)=C2C)ccc1OCc1ccc(Cl)cc1. The molecule has 2 amide bonds. The Hall–Kier alpha value is -4.34. The second-order valence-corrected chi connectivity index (χ2v) is 8.61. The third-order valence-corrected chi connectivity index (χ3v) is 6.07. The Morgan fingerprint density at radius 3 is 2.33 bits per heavy atom. The molecule has 6 nitrogen and oxygen atoms in total. The van der Waals surface area contributed by atoms with E-state index in [1.165, 1.54) is 7.11 Å². The first-order valence-electron chi connectivity index (χ1n) is 11.2. The molecule has 0 atom stereocenters. The van der Waals surface area contributed by atoms with Gasteiger partial charge in [0.2, 0.25) is 0 Å². The fourth-order valence-electron chi connectivity index (χ4n) is 3.84. The van der Waals surface area contributed by atoms with Crippen molar-refractivity contribution in [2.75, 3.05) is 7.11 Å². The first-order valence-corrected chi connectivity index (χ1v) is 11.6. The number of imide groups is 1. The highest BCUT2D eigenvalue weighted by Crippen LogP contribution is 2.32. The molecule has 4 rings (SSSR count). The summed E-state index contributed by atoms with van der Waals surface area (Å²) in [4.78, 5) is 27.3. The van der Waals surface area contributed by atoms with Crippen LogP contribution < -0.4 is 9.47 Å². The molecule has 0 fully saturated rings. The predicted molar refractivity (Wildman–Crippen MR) is 137 cm³/mol. The highest BCUT2D eigenvalue weighted by molar-refractivity contribution is 6.30. The van der Waals surface area contributed by atoms with Crippen LogP contribution in [0.2, 0.25) is 5.02 Å². The molecule has 0 saturated carbocycles. The van der Waals surface area contributed by atoms with Gasteiger partial charge in [-0.2, -0.15) is 5.26 Å². The van der Waals surface area contributed by atoms with Crippen LogP contribution in [0.5, 0.6) is 11.5 Å². The lowest BCUT2D eigenvalue weighted by Gasteiger charge is -2.27. The number of ether oxygens (including phenoxy) is 2. The molecule has 0 aliphatic carbocycles. The quantitative estimate of drug-likeness (QED) is 0.307. The number of hydrogen-bond donors (Lipinski definition) is 0. The summed E-state index contributed by atoms with van der Waals surface area (Å²) in [5, 5.41) is 10.3. The highest BCUT2D eigenvalue weighted by Gasteiger charge is 2.35. The summed E-state index contributed by atoms with van der Waals surface area (Å²) in [6, 6.07) is 23.8. The summed E-state index contributed by atoms with van der Waals surface area (Å²) in [7, 11) is 1.53. The van der Waals surface area contributed by atoms with E-state index >= 15 is 0 Å². The molecule has 36 heavy (non-hydrogen) atoms. The molecule has 7 heteroatoms. The number of halogens is 1. The maximum Gasteiger partial charge on any atom is 0.271 e. The van der Waals surface area contributed by atoms with Crippen molar-refractivity contribution in [2.45, 2.75) is 20.1 Å². The number of methoxy groups -OCH3 is 1. The van der Waals surface area contributed by atoms with E-state index in [9.17, 15) is 14.9 Å². The van der Waals surface area contributed by atoms with Gasteiger partial charge >= 0.3 is 0 Å². The molecule has 0 aromatic heterocycles. The first-order chi connectivity index (χ1) is 17.4. The van der Waals surface area contributed by atoms with E-state index in [1.54, 1.807) is 43.3 Å². The molecule has 3 aromatic rings. The number of carbonyl (C=O) groups is 2. The van der Waals surface area contributed by atoms with Gasteiger partial charge in [0, 0.05) is 10.6 Å². The van der Waals surface area contributed by atoms with Crippen LogP contribution in [0.1, 0.15) is 23.6 Å². The van der Waals surface area contributed by atoms with E-state index in [-0.39, 0.29) is 17.7 Å². The van der Waals surface area contributed by atoms with Gasteiger partial charge in [0.05, 0.1) is 13.7 Å². The number of nitrogens with zero attached hydrogens (tertiary/aromatic N) is 2. The normalized spacial score (nSPS) is 14.7. The average Bonchev–Trinajstić information content (AvgIpc) is 2.90. The molecular weight excluding hydrogens is 476 g/mol. The number of nitriles is 1. The number of carbonyl (C=O) groups excluding carboxylic acids is 2. The van der Waals surface area contributed by atoms with Crippen LogP contribution in [0.15, 0.2) is 89.5 Å². The van der Waals surface area contributed by atoms with Gasteiger partial charge in [-0.1, -0.05) is 60.1 Å². The van der Waals surface area contributed by atoms with Gasteiger partial charge in [-0.3, -0.25) is 14.5 Å². The number of amides is 2. The Bertz CT molecular complexity index is 1400. The van der Waals surface area contributed by atoms with Gasteiger partial charge in [0.15, 0.2) is 11.5 Å². The van der Waals surface area contributed by atoms with Crippen molar-refractivity contribution < 1.29 is 19.1 Å². The summed E-state index contributed by atoms with van der Waals surface area (Å²) in [5.41, 5.74) is 2.98. The molecule has 0 bridgehead atoms. The van der Waals surface area contributed by atoms with Crippen molar-refractivity contribution >= 4 is 29.5 Å². The van der Waals surface area contributed by atoms with Gasteiger partial charge in [-0.15, -0.1) is 0 Å². The summed E-state index contributed by atoms with van der Waals surface area (Å²) in [6.07, 6.45) is 1.66. The topological polar surface area (TPSA) is 79.6 Å². The van der Waals surface area contributed by atoms with Gasteiger partial charge in [0.25, 0.3) is 11.8 Å². The molecule has 1 aliphatic heterocycles. The Morgan fingerprint density at radius 1 is 0.944 bits per heavy atom. The molecule has 0 saturated heterocycles. The van der Waals surface area contributed by atoms with Crippen LogP contribution in [-0.2, 0) is 22.7 Å². The van der Waals surface area contributed by atoms with Crippen LogP contribution >= 0.6 is 11.6 Å². The van der Waals surface area contributed by atoms with E-state index in [0.717, 1.165) is 16.0 Å². The molecule has 180 valence electrons. The Kier molecular flexibility index (Phi) is 7.53. The zero-order valence-electron chi connectivity index (χ0n) is 19.8. The molecule has 1 heterocycles.